The molecule has 0 aromatic rings. The van der Waals surface area contributed by atoms with Crippen LogP contribution in [0.1, 0.15) is 72.1 Å². The van der Waals surface area contributed by atoms with Gasteiger partial charge in [-0.1, -0.05) is 46.5 Å². The van der Waals surface area contributed by atoms with Crippen LogP contribution in [0.4, 0.5) is 0 Å². The van der Waals surface area contributed by atoms with E-state index in [0.29, 0.717) is 11.5 Å². The fourth-order valence-electron chi connectivity index (χ4n) is 2.87. The van der Waals surface area contributed by atoms with Gasteiger partial charge in [0.2, 0.25) is 0 Å². The first-order valence-corrected chi connectivity index (χ1v) is 8.00. The van der Waals surface area contributed by atoms with Crippen molar-refractivity contribution in [2.24, 2.45) is 5.41 Å². The molecule has 1 N–H and O–H groups in total. The predicted molar refractivity (Wildman–Crippen MR) is 79.0 cm³/mol. The second-order valence-electron chi connectivity index (χ2n) is 6.31. The molecule has 0 atom stereocenters. The number of unbranched alkanes of at least 4 members (excludes halogenated alkanes) is 1. The van der Waals surface area contributed by atoms with Gasteiger partial charge >= 0.3 is 0 Å². The molecule has 18 heavy (non-hydrogen) atoms. The topological polar surface area (TPSA) is 21.3 Å². The molecule has 1 aliphatic rings. The van der Waals surface area contributed by atoms with Gasteiger partial charge in [0.05, 0.1) is 0 Å². The lowest BCUT2D eigenvalue weighted by Gasteiger charge is -2.38. The second kappa shape index (κ2) is 8.92. The lowest BCUT2D eigenvalue weighted by atomic mass is 9.72. The highest BCUT2D eigenvalue weighted by molar-refractivity contribution is 4.85. The van der Waals surface area contributed by atoms with Gasteiger partial charge in [-0.25, -0.2) is 0 Å². The van der Waals surface area contributed by atoms with Gasteiger partial charge in [-0.15, -0.1) is 0 Å². The van der Waals surface area contributed by atoms with Gasteiger partial charge < -0.3 is 10.1 Å². The van der Waals surface area contributed by atoms with Gasteiger partial charge in [0, 0.05) is 25.8 Å². The normalized spacial score (nSPS) is 19.3. The standard InChI is InChI=1S/C16H33NO/c1-4-5-12-18-13-11-16(14-17-15(2)3)9-7-6-8-10-16/h15,17H,4-14H2,1-3H3. The summed E-state index contributed by atoms with van der Waals surface area (Å²) in [6.45, 7) is 9.80. The highest BCUT2D eigenvalue weighted by Crippen LogP contribution is 2.38. The van der Waals surface area contributed by atoms with E-state index >= 15 is 0 Å². The van der Waals surface area contributed by atoms with E-state index in [4.69, 9.17) is 4.74 Å². The summed E-state index contributed by atoms with van der Waals surface area (Å²) in [5, 5.41) is 3.65. The third kappa shape index (κ3) is 6.19. The van der Waals surface area contributed by atoms with E-state index in [-0.39, 0.29) is 0 Å². The Balaban J connectivity index is 2.29. The summed E-state index contributed by atoms with van der Waals surface area (Å²) in [5.74, 6) is 0. The molecule has 0 aromatic heterocycles. The van der Waals surface area contributed by atoms with E-state index in [1.54, 1.807) is 0 Å². The number of rotatable bonds is 9. The van der Waals surface area contributed by atoms with Crippen molar-refractivity contribution in [1.82, 2.24) is 5.32 Å². The van der Waals surface area contributed by atoms with Crippen LogP contribution in [-0.4, -0.2) is 25.8 Å². The summed E-state index contributed by atoms with van der Waals surface area (Å²) >= 11 is 0. The Morgan fingerprint density at radius 1 is 1.11 bits per heavy atom. The molecule has 2 nitrogen and oxygen atoms in total. The van der Waals surface area contributed by atoms with Gasteiger partial charge in [0.25, 0.3) is 0 Å². The maximum Gasteiger partial charge on any atom is 0.0471 e. The van der Waals surface area contributed by atoms with Crippen molar-refractivity contribution in [1.29, 1.82) is 0 Å². The molecule has 0 bridgehead atoms. The molecule has 108 valence electrons. The molecule has 0 aromatic carbocycles. The molecule has 0 unspecified atom stereocenters. The van der Waals surface area contributed by atoms with Crippen LogP contribution < -0.4 is 5.32 Å². The molecule has 1 rings (SSSR count). The summed E-state index contributed by atoms with van der Waals surface area (Å²) in [4.78, 5) is 0. The Bertz CT molecular complexity index is 197. The number of hydrogen-bond acceptors (Lipinski definition) is 2. The molecule has 0 heterocycles. The van der Waals surface area contributed by atoms with Gasteiger partial charge in [-0.3, -0.25) is 0 Å². The van der Waals surface area contributed by atoms with Crippen molar-refractivity contribution >= 4 is 0 Å². The Kier molecular flexibility index (Phi) is 7.92. The van der Waals surface area contributed by atoms with E-state index in [0.717, 1.165) is 13.2 Å². The highest BCUT2D eigenvalue weighted by atomic mass is 16.5. The average Bonchev–Trinajstić information content (AvgIpc) is 2.38. The fourth-order valence-corrected chi connectivity index (χ4v) is 2.87. The highest BCUT2D eigenvalue weighted by Gasteiger charge is 2.31. The average molecular weight is 255 g/mol. The van der Waals surface area contributed by atoms with Crippen molar-refractivity contribution < 1.29 is 4.74 Å². The van der Waals surface area contributed by atoms with Crippen LogP contribution in [0.15, 0.2) is 0 Å². The monoisotopic (exact) mass is 255 g/mol. The zero-order valence-corrected chi connectivity index (χ0v) is 12.8. The Morgan fingerprint density at radius 3 is 2.44 bits per heavy atom. The maximum absolute atomic E-state index is 5.78. The maximum atomic E-state index is 5.78. The fraction of sp³-hybridized carbons (Fsp3) is 1.00. The van der Waals surface area contributed by atoms with Crippen LogP contribution in [0.3, 0.4) is 0 Å². The molecule has 1 aliphatic carbocycles. The first-order valence-electron chi connectivity index (χ1n) is 8.00. The Labute approximate surface area is 114 Å². The summed E-state index contributed by atoms with van der Waals surface area (Å²) in [6.07, 6.45) is 10.7. The quantitative estimate of drug-likeness (QED) is 0.625. The number of hydrogen-bond donors (Lipinski definition) is 1. The molecule has 1 fully saturated rings. The van der Waals surface area contributed by atoms with Crippen molar-refractivity contribution in [2.75, 3.05) is 19.8 Å². The van der Waals surface area contributed by atoms with Crippen molar-refractivity contribution in [3.05, 3.63) is 0 Å². The minimum absolute atomic E-state index is 0.523. The van der Waals surface area contributed by atoms with Crippen LogP contribution in [0.5, 0.6) is 0 Å². The number of nitrogens with one attached hydrogen (secondary N) is 1. The zero-order valence-electron chi connectivity index (χ0n) is 12.8. The van der Waals surface area contributed by atoms with Gasteiger partial charge in [-0.2, -0.15) is 0 Å². The summed E-state index contributed by atoms with van der Waals surface area (Å²) in [5.41, 5.74) is 0.523. The van der Waals surface area contributed by atoms with E-state index in [1.807, 2.05) is 0 Å². The molecule has 2 heteroatoms. The van der Waals surface area contributed by atoms with E-state index in [2.05, 4.69) is 26.1 Å². The van der Waals surface area contributed by atoms with Gasteiger partial charge in [0.1, 0.15) is 0 Å². The van der Waals surface area contributed by atoms with Crippen LogP contribution >= 0.6 is 0 Å². The van der Waals surface area contributed by atoms with E-state index in [9.17, 15) is 0 Å². The SMILES string of the molecule is CCCCOCCC1(CNC(C)C)CCCCC1. The molecule has 0 spiro atoms. The second-order valence-corrected chi connectivity index (χ2v) is 6.31. The summed E-state index contributed by atoms with van der Waals surface area (Å²) < 4.78 is 5.78. The van der Waals surface area contributed by atoms with Crippen molar-refractivity contribution in [3.8, 4) is 0 Å². The molecule has 0 aliphatic heterocycles. The van der Waals surface area contributed by atoms with Crippen LogP contribution in [0.25, 0.3) is 0 Å². The van der Waals surface area contributed by atoms with Crippen LogP contribution in [0, 0.1) is 5.41 Å². The van der Waals surface area contributed by atoms with E-state index in [1.165, 1.54) is 57.9 Å². The Hall–Kier alpha value is -0.0800. The first kappa shape index (κ1) is 16.0. The summed E-state index contributed by atoms with van der Waals surface area (Å²) in [6, 6.07) is 0.602. The van der Waals surface area contributed by atoms with Crippen LogP contribution in [0.2, 0.25) is 0 Å². The third-order valence-corrected chi connectivity index (χ3v) is 4.22. The first-order chi connectivity index (χ1) is 8.68. The predicted octanol–water partition coefficient (Wildman–Crippen LogP) is 4.14. The summed E-state index contributed by atoms with van der Waals surface area (Å²) in [7, 11) is 0. The van der Waals surface area contributed by atoms with Crippen LogP contribution in [-0.2, 0) is 4.74 Å². The lowest BCUT2D eigenvalue weighted by molar-refractivity contribution is 0.0705. The molecular weight excluding hydrogens is 222 g/mol. The van der Waals surface area contributed by atoms with Crippen molar-refractivity contribution in [2.45, 2.75) is 78.2 Å². The minimum atomic E-state index is 0.523. The van der Waals surface area contributed by atoms with Gasteiger partial charge in [0.15, 0.2) is 0 Å². The molecule has 1 saturated carbocycles. The molecular formula is C16H33NO. The molecule has 0 amide bonds. The zero-order chi connectivity index (χ0) is 13.3. The third-order valence-electron chi connectivity index (χ3n) is 4.22. The lowest BCUT2D eigenvalue weighted by Crippen LogP contribution is -2.39. The largest absolute Gasteiger partial charge is 0.381 e. The van der Waals surface area contributed by atoms with Gasteiger partial charge in [-0.05, 0) is 31.1 Å². The van der Waals surface area contributed by atoms with E-state index < -0.39 is 0 Å². The Morgan fingerprint density at radius 2 is 1.83 bits per heavy atom. The molecule has 0 saturated heterocycles. The minimum Gasteiger partial charge on any atom is -0.381 e. The smallest absolute Gasteiger partial charge is 0.0471 e. The van der Waals surface area contributed by atoms with Crippen molar-refractivity contribution in [3.63, 3.8) is 0 Å². The molecule has 0 radical (unpaired) electrons. The number of ether oxygens (including phenoxy) is 1.